The summed E-state index contributed by atoms with van der Waals surface area (Å²) in [6.07, 6.45) is -0.578. The first-order valence-electron chi connectivity index (χ1n) is 7.35. The molecular weight excluding hydrogens is 268 g/mol. The number of aliphatic hydroxyl groups is 1. The maximum absolute atomic E-state index is 11.3. The van der Waals surface area contributed by atoms with E-state index in [0.717, 1.165) is 11.3 Å². The summed E-state index contributed by atoms with van der Waals surface area (Å²) in [5, 5.41) is 15.7. The number of rotatable bonds is 9. The molecule has 0 aliphatic rings. The van der Waals surface area contributed by atoms with Gasteiger partial charge in [-0.2, -0.15) is 0 Å². The first-order chi connectivity index (χ1) is 10.0. The van der Waals surface area contributed by atoms with Crippen molar-refractivity contribution in [3.05, 3.63) is 29.8 Å². The second-order valence-electron chi connectivity index (χ2n) is 5.38. The lowest BCUT2D eigenvalue weighted by Gasteiger charge is -2.15. The van der Waals surface area contributed by atoms with Crippen LogP contribution in [0.1, 0.15) is 19.4 Å². The fourth-order valence-electron chi connectivity index (χ4n) is 1.71. The van der Waals surface area contributed by atoms with Crippen LogP contribution in [-0.4, -0.2) is 43.4 Å². The van der Waals surface area contributed by atoms with Crippen molar-refractivity contribution in [1.82, 2.24) is 10.6 Å². The maximum Gasteiger partial charge on any atom is 0.222 e. The van der Waals surface area contributed by atoms with Gasteiger partial charge < -0.3 is 20.5 Å². The number of amides is 1. The number of aryl methyl sites for hydroxylation is 1. The van der Waals surface area contributed by atoms with Gasteiger partial charge in [-0.15, -0.1) is 0 Å². The lowest BCUT2D eigenvalue weighted by Crippen LogP contribution is -2.38. The predicted molar refractivity (Wildman–Crippen MR) is 83.4 cm³/mol. The topological polar surface area (TPSA) is 70.6 Å². The minimum absolute atomic E-state index is 0.00176. The van der Waals surface area contributed by atoms with E-state index < -0.39 is 6.10 Å². The first kappa shape index (κ1) is 17.5. The molecule has 5 nitrogen and oxygen atoms in total. The molecule has 1 aromatic carbocycles. The summed E-state index contributed by atoms with van der Waals surface area (Å²) < 4.78 is 5.57. The monoisotopic (exact) mass is 294 g/mol. The fourth-order valence-corrected chi connectivity index (χ4v) is 1.71. The van der Waals surface area contributed by atoms with Crippen molar-refractivity contribution in [1.29, 1.82) is 0 Å². The Morgan fingerprint density at radius 1 is 1.29 bits per heavy atom. The van der Waals surface area contributed by atoms with E-state index in [4.69, 9.17) is 4.74 Å². The highest BCUT2D eigenvalue weighted by Gasteiger charge is 2.07. The molecule has 1 aromatic rings. The molecule has 0 heterocycles. The molecule has 0 saturated heterocycles. The number of carbonyl (C=O) groups excluding carboxylic acids is 1. The van der Waals surface area contributed by atoms with Gasteiger partial charge in [0.15, 0.2) is 0 Å². The maximum atomic E-state index is 11.3. The Balaban J connectivity index is 2.10. The molecule has 0 fully saturated rings. The zero-order valence-electron chi connectivity index (χ0n) is 13.1. The van der Waals surface area contributed by atoms with Gasteiger partial charge in [0.25, 0.3) is 0 Å². The molecule has 1 amide bonds. The lowest BCUT2D eigenvalue weighted by atomic mass is 10.2. The summed E-state index contributed by atoms with van der Waals surface area (Å²) in [6, 6.07) is 7.71. The van der Waals surface area contributed by atoms with E-state index in [-0.39, 0.29) is 18.4 Å². The van der Waals surface area contributed by atoms with Gasteiger partial charge in [-0.25, -0.2) is 0 Å². The molecule has 21 heavy (non-hydrogen) atoms. The highest BCUT2D eigenvalue weighted by atomic mass is 16.5. The van der Waals surface area contributed by atoms with E-state index in [1.807, 2.05) is 45.0 Å². The highest BCUT2D eigenvalue weighted by molar-refractivity contribution is 5.77. The van der Waals surface area contributed by atoms with Crippen molar-refractivity contribution in [2.24, 2.45) is 5.92 Å². The Morgan fingerprint density at radius 3 is 2.67 bits per heavy atom. The predicted octanol–water partition coefficient (Wildman–Crippen LogP) is 1.10. The van der Waals surface area contributed by atoms with Crippen LogP contribution in [0.25, 0.3) is 0 Å². The Kier molecular flexibility index (Phi) is 7.79. The number of hydrogen-bond donors (Lipinski definition) is 3. The van der Waals surface area contributed by atoms with Crippen LogP contribution in [0.3, 0.4) is 0 Å². The van der Waals surface area contributed by atoms with Crippen LogP contribution in [0.5, 0.6) is 5.75 Å². The van der Waals surface area contributed by atoms with Gasteiger partial charge in [-0.1, -0.05) is 32.0 Å². The summed E-state index contributed by atoms with van der Waals surface area (Å²) in [4.78, 5) is 11.3. The first-order valence-corrected chi connectivity index (χ1v) is 7.35. The van der Waals surface area contributed by atoms with Gasteiger partial charge in [0.05, 0.1) is 0 Å². The summed E-state index contributed by atoms with van der Waals surface area (Å²) in [5.74, 6) is 0.832. The van der Waals surface area contributed by atoms with Crippen LogP contribution < -0.4 is 15.4 Å². The molecule has 3 N–H and O–H groups in total. The van der Waals surface area contributed by atoms with Crippen LogP contribution in [0, 0.1) is 12.8 Å². The Bertz CT molecular complexity index is 435. The molecule has 0 aliphatic heterocycles. The second kappa shape index (κ2) is 9.37. The van der Waals surface area contributed by atoms with Crippen molar-refractivity contribution < 1.29 is 14.6 Å². The van der Waals surface area contributed by atoms with Crippen LogP contribution in [0.4, 0.5) is 0 Å². The third kappa shape index (κ3) is 7.11. The molecule has 1 rings (SSSR count). The van der Waals surface area contributed by atoms with Gasteiger partial charge in [-0.3, -0.25) is 4.79 Å². The molecule has 0 bridgehead atoms. The average Bonchev–Trinajstić information content (AvgIpc) is 2.45. The Labute approximate surface area is 126 Å². The van der Waals surface area contributed by atoms with Gasteiger partial charge >= 0.3 is 0 Å². The highest BCUT2D eigenvalue weighted by Crippen LogP contribution is 2.16. The SMILES string of the molecule is Cc1ccccc1OC[C@H](O)CNCCNC(=O)C(C)C. The van der Waals surface area contributed by atoms with Gasteiger partial charge in [-0.05, 0) is 18.6 Å². The lowest BCUT2D eigenvalue weighted by molar-refractivity contribution is -0.123. The third-order valence-corrected chi connectivity index (χ3v) is 3.03. The summed E-state index contributed by atoms with van der Waals surface area (Å²) in [6.45, 7) is 7.55. The van der Waals surface area contributed by atoms with Crippen LogP contribution in [0.15, 0.2) is 24.3 Å². The van der Waals surface area contributed by atoms with E-state index in [2.05, 4.69) is 10.6 Å². The molecule has 0 saturated carbocycles. The summed E-state index contributed by atoms with van der Waals surface area (Å²) in [7, 11) is 0. The number of hydrogen-bond acceptors (Lipinski definition) is 4. The van der Waals surface area contributed by atoms with Gasteiger partial charge in [0.1, 0.15) is 18.5 Å². The summed E-state index contributed by atoms with van der Waals surface area (Å²) in [5.41, 5.74) is 1.05. The zero-order chi connectivity index (χ0) is 15.7. The molecule has 0 spiro atoms. The molecule has 1 atom stereocenters. The number of benzene rings is 1. The Hall–Kier alpha value is -1.59. The van der Waals surface area contributed by atoms with Crippen LogP contribution in [-0.2, 0) is 4.79 Å². The van der Waals surface area contributed by atoms with Crippen molar-refractivity contribution in [2.45, 2.75) is 26.9 Å². The smallest absolute Gasteiger partial charge is 0.222 e. The number of nitrogens with one attached hydrogen (secondary N) is 2. The minimum Gasteiger partial charge on any atom is -0.491 e. The van der Waals surface area contributed by atoms with Crippen LogP contribution >= 0.6 is 0 Å². The van der Waals surface area contributed by atoms with E-state index in [9.17, 15) is 9.90 Å². The largest absolute Gasteiger partial charge is 0.491 e. The molecule has 0 aliphatic carbocycles. The normalized spacial score (nSPS) is 12.2. The van der Waals surface area contributed by atoms with E-state index in [0.29, 0.717) is 19.6 Å². The fraction of sp³-hybridized carbons (Fsp3) is 0.562. The second-order valence-corrected chi connectivity index (χ2v) is 5.38. The van der Waals surface area contributed by atoms with E-state index in [1.54, 1.807) is 0 Å². The van der Waals surface area contributed by atoms with Gasteiger partial charge in [0.2, 0.25) is 5.91 Å². The average molecular weight is 294 g/mol. The van der Waals surface area contributed by atoms with Crippen molar-refractivity contribution in [3.63, 3.8) is 0 Å². The van der Waals surface area contributed by atoms with Crippen molar-refractivity contribution >= 4 is 5.91 Å². The molecule has 0 radical (unpaired) electrons. The molecular formula is C16H26N2O3. The van der Waals surface area contributed by atoms with E-state index in [1.165, 1.54) is 0 Å². The van der Waals surface area contributed by atoms with Crippen molar-refractivity contribution in [3.8, 4) is 5.75 Å². The van der Waals surface area contributed by atoms with Crippen LogP contribution in [0.2, 0.25) is 0 Å². The molecule has 118 valence electrons. The standard InChI is InChI=1S/C16H26N2O3/c1-12(2)16(20)18-9-8-17-10-14(19)11-21-15-7-5-4-6-13(15)3/h4-7,12,14,17,19H,8-11H2,1-3H3,(H,18,20)/t14-/m1/s1. The molecule has 5 heteroatoms. The van der Waals surface area contributed by atoms with E-state index >= 15 is 0 Å². The third-order valence-electron chi connectivity index (χ3n) is 3.03. The molecule has 0 aromatic heterocycles. The van der Waals surface area contributed by atoms with Gasteiger partial charge in [0, 0.05) is 25.6 Å². The quantitative estimate of drug-likeness (QED) is 0.596. The van der Waals surface area contributed by atoms with Crippen molar-refractivity contribution in [2.75, 3.05) is 26.2 Å². The summed E-state index contributed by atoms with van der Waals surface area (Å²) >= 11 is 0. The minimum atomic E-state index is -0.578. The number of aliphatic hydroxyl groups excluding tert-OH is 1. The Morgan fingerprint density at radius 2 is 2.00 bits per heavy atom. The molecule has 0 unspecified atom stereocenters. The zero-order valence-corrected chi connectivity index (χ0v) is 13.1. The number of para-hydroxylation sites is 1. The number of ether oxygens (including phenoxy) is 1. The number of carbonyl (C=O) groups is 1.